The molecule has 1 aliphatic rings. The molecule has 1 atom stereocenters. The van der Waals surface area contributed by atoms with Crippen molar-refractivity contribution >= 4 is 38.4 Å². The normalized spacial score (nSPS) is 16.0. The number of hydrogen-bond acceptors (Lipinski definition) is 9. The summed E-state index contributed by atoms with van der Waals surface area (Å²) < 4.78 is 47.5. The van der Waals surface area contributed by atoms with Crippen LogP contribution in [0.25, 0.3) is 21.5 Å². The maximum Gasteiger partial charge on any atom is 0.433 e. The molecule has 0 bridgehead atoms. The molecule has 4 aromatic rings. The zero-order chi connectivity index (χ0) is 28.4. The number of para-hydroxylation sites is 1. The van der Waals surface area contributed by atoms with Gasteiger partial charge in [0, 0.05) is 37.2 Å². The van der Waals surface area contributed by atoms with Gasteiger partial charge in [0.25, 0.3) is 0 Å². The van der Waals surface area contributed by atoms with Crippen molar-refractivity contribution in [2.24, 2.45) is 0 Å². The van der Waals surface area contributed by atoms with Gasteiger partial charge in [-0.25, -0.2) is 19.9 Å². The number of halogens is 3. The number of alkyl halides is 3. The molecule has 0 spiro atoms. The van der Waals surface area contributed by atoms with Crippen LogP contribution in [0.2, 0.25) is 0 Å². The topological polar surface area (TPSA) is 105 Å². The summed E-state index contributed by atoms with van der Waals surface area (Å²) in [7, 11) is 0. The summed E-state index contributed by atoms with van der Waals surface area (Å²) in [6.45, 7) is 7.04. The van der Waals surface area contributed by atoms with Gasteiger partial charge in [0.2, 0.25) is 11.8 Å². The van der Waals surface area contributed by atoms with Crippen LogP contribution in [0.3, 0.4) is 0 Å². The average molecular weight is 572 g/mol. The predicted molar refractivity (Wildman–Crippen MR) is 148 cm³/mol. The van der Waals surface area contributed by atoms with Crippen LogP contribution in [0.1, 0.15) is 39.3 Å². The van der Waals surface area contributed by atoms with Crippen LogP contribution in [-0.4, -0.2) is 55.9 Å². The quantitative estimate of drug-likeness (QED) is 0.258. The second-order valence-corrected chi connectivity index (χ2v) is 10.8. The molecular formula is C27H28F3N7O2S. The van der Waals surface area contributed by atoms with Gasteiger partial charge in [-0.2, -0.15) is 13.2 Å². The number of rotatable bonds is 8. The molecule has 4 heterocycles. The molecule has 2 N–H and O–H groups in total. The number of anilines is 2. The number of ether oxygens (including phenoxy) is 1. The van der Waals surface area contributed by atoms with Crippen LogP contribution in [-0.2, 0) is 11.0 Å². The Labute approximate surface area is 232 Å². The molecular weight excluding hydrogens is 543 g/mol. The number of carbonyl (C=O) groups excluding carboxylic acids is 1. The fourth-order valence-corrected chi connectivity index (χ4v) is 5.72. The minimum absolute atomic E-state index is 0.0941. The summed E-state index contributed by atoms with van der Waals surface area (Å²) in [5.74, 6) is 0.450. The number of nitrogens with zero attached hydrogens (tertiary/aromatic N) is 5. The summed E-state index contributed by atoms with van der Waals surface area (Å²) in [5.41, 5.74) is 0.308. The number of nitrogens with one attached hydrogen (secondary N) is 2. The van der Waals surface area contributed by atoms with Gasteiger partial charge in [0.1, 0.15) is 23.4 Å². The lowest BCUT2D eigenvalue weighted by atomic mass is 10.1. The predicted octanol–water partition coefficient (Wildman–Crippen LogP) is 6.20. The van der Waals surface area contributed by atoms with Gasteiger partial charge < -0.3 is 15.4 Å². The first-order valence-electron chi connectivity index (χ1n) is 12.8. The van der Waals surface area contributed by atoms with E-state index < -0.39 is 11.9 Å². The van der Waals surface area contributed by atoms with E-state index in [1.807, 2.05) is 6.07 Å². The van der Waals surface area contributed by atoms with Gasteiger partial charge in [-0.15, -0.1) is 0 Å². The number of benzene rings is 1. The SMILES string of the molecule is CC(=O)Nc1nc2c(Oc3cc(-c4ccc(C(F)(F)F)nc4NC[C@H]4CCCN4C(C)C)ncn3)cccc2s1. The van der Waals surface area contributed by atoms with Crippen molar-refractivity contribution in [1.82, 2.24) is 24.8 Å². The van der Waals surface area contributed by atoms with Gasteiger partial charge in [-0.1, -0.05) is 17.4 Å². The Balaban J connectivity index is 1.44. The molecule has 3 aromatic heterocycles. The number of hydrogen-bond donors (Lipinski definition) is 2. The fraction of sp³-hybridized carbons (Fsp3) is 0.370. The first-order chi connectivity index (χ1) is 19.1. The van der Waals surface area contributed by atoms with Crippen molar-refractivity contribution in [2.45, 2.75) is 51.9 Å². The zero-order valence-corrected chi connectivity index (χ0v) is 22.9. The van der Waals surface area contributed by atoms with Crippen LogP contribution < -0.4 is 15.4 Å². The molecule has 13 heteroatoms. The van der Waals surface area contributed by atoms with E-state index in [0.29, 0.717) is 40.2 Å². The maximum atomic E-state index is 13.5. The highest BCUT2D eigenvalue weighted by Gasteiger charge is 2.34. The molecule has 0 unspecified atom stereocenters. The van der Waals surface area contributed by atoms with E-state index >= 15 is 0 Å². The van der Waals surface area contributed by atoms with Gasteiger partial charge in [-0.05, 0) is 57.5 Å². The number of aromatic nitrogens is 4. The van der Waals surface area contributed by atoms with Gasteiger partial charge in [-0.3, -0.25) is 9.69 Å². The molecule has 1 fully saturated rings. The summed E-state index contributed by atoms with van der Waals surface area (Å²) >= 11 is 1.31. The fourth-order valence-electron chi connectivity index (χ4n) is 4.79. The number of amides is 1. The molecule has 0 radical (unpaired) electrons. The summed E-state index contributed by atoms with van der Waals surface area (Å²) in [6, 6.07) is 9.74. The van der Waals surface area contributed by atoms with Crippen LogP contribution in [0.4, 0.5) is 24.1 Å². The largest absolute Gasteiger partial charge is 0.437 e. The second kappa shape index (κ2) is 11.3. The monoisotopic (exact) mass is 571 g/mol. The van der Waals surface area contributed by atoms with Crippen molar-refractivity contribution < 1.29 is 22.7 Å². The minimum Gasteiger partial charge on any atom is -0.437 e. The summed E-state index contributed by atoms with van der Waals surface area (Å²) in [6.07, 6.45) is -1.31. The van der Waals surface area contributed by atoms with E-state index in [0.717, 1.165) is 30.2 Å². The Kier molecular flexibility index (Phi) is 7.86. The molecule has 40 heavy (non-hydrogen) atoms. The minimum atomic E-state index is -4.59. The maximum absolute atomic E-state index is 13.5. The molecule has 1 saturated heterocycles. The average Bonchev–Trinajstić information content (AvgIpc) is 3.54. The van der Waals surface area contributed by atoms with Crippen molar-refractivity contribution in [1.29, 1.82) is 0 Å². The number of carbonyl (C=O) groups is 1. The highest BCUT2D eigenvalue weighted by molar-refractivity contribution is 7.22. The smallest absolute Gasteiger partial charge is 0.433 e. The molecule has 1 aliphatic heterocycles. The van der Waals surface area contributed by atoms with Crippen LogP contribution in [0.15, 0.2) is 42.7 Å². The molecule has 9 nitrogen and oxygen atoms in total. The Bertz CT molecular complexity index is 1530. The van der Waals surface area contributed by atoms with E-state index in [2.05, 4.69) is 49.3 Å². The highest BCUT2D eigenvalue weighted by atomic mass is 32.1. The molecule has 210 valence electrons. The van der Waals surface area contributed by atoms with Crippen LogP contribution in [0.5, 0.6) is 11.6 Å². The molecule has 5 rings (SSSR count). The third-order valence-electron chi connectivity index (χ3n) is 6.57. The first-order valence-corrected chi connectivity index (χ1v) is 13.7. The Morgan fingerprint density at radius 1 is 1.20 bits per heavy atom. The molecule has 0 saturated carbocycles. The van der Waals surface area contributed by atoms with Crippen molar-refractivity contribution in [2.75, 3.05) is 23.7 Å². The van der Waals surface area contributed by atoms with Crippen LogP contribution >= 0.6 is 11.3 Å². The van der Waals surface area contributed by atoms with E-state index in [1.54, 1.807) is 18.2 Å². The van der Waals surface area contributed by atoms with Gasteiger partial charge >= 0.3 is 6.18 Å². The third kappa shape index (κ3) is 6.15. The Morgan fingerprint density at radius 2 is 2.02 bits per heavy atom. The lowest BCUT2D eigenvalue weighted by Crippen LogP contribution is -2.39. The third-order valence-corrected chi connectivity index (χ3v) is 7.51. The Hall–Kier alpha value is -3.84. The van der Waals surface area contributed by atoms with E-state index in [1.165, 1.54) is 30.7 Å². The molecule has 1 amide bonds. The number of thiazole rings is 1. The van der Waals surface area contributed by atoms with Gasteiger partial charge in [0.05, 0.1) is 10.4 Å². The lowest BCUT2D eigenvalue weighted by molar-refractivity contribution is -0.141. The number of likely N-dealkylation sites (tertiary alicyclic amines) is 1. The van der Waals surface area contributed by atoms with Crippen molar-refractivity contribution in [3.05, 3.63) is 48.4 Å². The number of fused-ring (bicyclic) bond motifs is 1. The summed E-state index contributed by atoms with van der Waals surface area (Å²) in [4.78, 5) is 30.7. The number of pyridine rings is 1. The van der Waals surface area contributed by atoms with E-state index in [9.17, 15) is 18.0 Å². The van der Waals surface area contributed by atoms with Crippen molar-refractivity contribution in [3.8, 4) is 22.9 Å². The zero-order valence-electron chi connectivity index (χ0n) is 22.1. The highest BCUT2D eigenvalue weighted by Crippen LogP contribution is 2.36. The Morgan fingerprint density at radius 3 is 2.77 bits per heavy atom. The van der Waals surface area contributed by atoms with Crippen molar-refractivity contribution in [3.63, 3.8) is 0 Å². The van der Waals surface area contributed by atoms with Gasteiger partial charge in [0.15, 0.2) is 10.9 Å². The van der Waals surface area contributed by atoms with E-state index in [-0.39, 0.29) is 23.6 Å². The standard InChI is InChI=1S/C27H28F3N7O2S/c1-15(2)37-11-5-6-17(37)13-31-25-18(9-10-22(35-25)27(28,29)30)19-12-23(33-14-32-19)39-20-7-4-8-21-24(20)36-26(40-21)34-16(3)38/h4,7-10,12,14-15,17H,5-6,11,13H2,1-3H3,(H,31,35)(H,34,36,38)/t17-/m1/s1. The first kappa shape index (κ1) is 27.7. The molecule has 0 aliphatic carbocycles. The second-order valence-electron chi connectivity index (χ2n) is 9.75. The summed E-state index contributed by atoms with van der Waals surface area (Å²) in [5, 5.41) is 6.27. The van der Waals surface area contributed by atoms with E-state index in [4.69, 9.17) is 4.74 Å². The molecule has 1 aromatic carbocycles. The van der Waals surface area contributed by atoms with Crippen LogP contribution in [0, 0.1) is 0 Å². The lowest BCUT2D eigenvalue weighted by Gasteiger charge is -2.28.